The van der Waals surface area contributed by atoms with Crippen molar-refractivity contribution in [2.75, 3.05) is 0 Å². The Kier molecular flexibility index (Phi) is 2.57. The van der Waals surface area contributed by atoms with E-state index in [1.165, 1.54) is 11.3 Å². The lowest BCUT2D eigenvalue weighted by atomic mass is 10.2. The molecule has 0 bridgehead atoms. The van der Waals surface area contributed by atoms with E-state index in [2.05, 4.69) is 0 Å². The molecule has 11 heavy (non-hydrogen) atoms. The molecule has 1 atom stereocenters. The molecular weight excluding hydrogens is 168 g/mol. The zero-order chi connectivity index (χ0) is 8.43. The molecule has 0 radical (unpaired) electrons. The van der Waals surface area contributed by atoms with Crippen LogP contribution in [0.4, 0.5) is 8.78 Å². The van der Waals surface area contributed by atoms with Crippen LogP contribution in [0, 0.1) is 6.92 Å². The standard InChI is InChI=1S/C7H9F2NS/c1-4-2-3-11-6(4)5(10)7(8)9/h2-3,5,7H,10H2,1H3. The lowest BCUT2D eigenvalue weighted by Gasteiger charge is -2.08. The summed E-state index contributed by atoms with van der Waals surface area (Å²) in [6.45, 7) is 1.79. The van der Waals surface area contributed by atoms with Crippen molar-refractivity contribution in [1.29, 1.82) is 0 Å². The third-order valence-corrected chi connectivity index (χ3v) is 2.60. The third kappa shape index (κ3) is 1.75. The smallest absolute Gasteiger partial charge is 0.258 e. The Labute approximate surface area is 67.8 Å². The summed E-state index contributed by atoms with van der Waals surface area (Å²) in [5.41, 5.74) is 6.09. The molecule has 0 aromatic carbocycles. The van der Waals surface area contributed by atoms with E-state index in [9.17, 15) is 8.78 Å². The number of hydrogen-bond acceptors (Lipinski definition) is 2. The van der Waals surface area contributed by atoms with Gasteiger partial charge in [0.05, 0.1) is 0 Å². The molecule has 0 amide bonds. The molecule has 62 valence electrons. The highest BCUT2D eigenvalue weighted by Gasteiger charge is 2.19. The average molecular weight is 177 g/mol. The molecule has 1 heterocycles. The van der Waals surface area contributed by atoms with Crippen LogP contribution in [-0.4, -0.2) is 6.43 Å². The van der Waals surface area contributed by atoms with Gasteiger partial charge in [-0.3, -0.25) is 0 Å². The SMILES string of the molecule is Cc1ccsc1C(N)C(F)F. The lowest BCUT2D eigenvalue weighted by molar-refractivity contribution is 0.117. The molecule has 2 N–H and O–H groups in total. The van der Waals surface area contributed by atoms with Gasteiger partial charge in [-0.15, -0.1) is 11.3 Å². The van der Waals surface area contributed by atoms with Gasteiger partial charge in [-0.25, -0.2) is 8.78 Å². The molecule has 4 heteroatoms. The second-order valence-corrected chi connectivity index (χ2v) is 3.28. The van der Waals surface area contributed by atoms with Gasteiger partial charge in [0.1, 0.15) is 6.04 Å². The van der Waals surface area contributed by atoms with Crippen LogP contribution in [0.15, 0.2) is 11.4 Å². The van der Waals surface area contributed by atoms with Gasteiger partial charge in [0.2, 0.25) is 0 Å². The van der Waals surface area contributed by atoms with Crippen molar-refractivity contribution in [2.24, 2.45) is 5.73 Å². The van der Waals surface area contributed by atoms with E-state index in [1.807, 2.05) is 0 Å². The molecule has 1 nitrogen and oxygen atoms in total. The van der Waals surface area contributed by atoms with Crippen molar-refractivity contribution in [3.8, 4) is 0 Å². The van der Waals surface area contributed by atoms with Crippen LogP contribution in [-0.2, 0) is 0 Å². The van der Waals surface area contributed by atoms with E-state index < -0.39 is 12.5 Å². The van der Waals surface area contributed by atoms with Gasteiger partial charge in [0.25, 0.3) is 6.43 Å². The Bertz CT molecular complexity index is 234. The normalized spacial score (nSPS) is 13.9. The third-order valence-electron chi connectivity index (χ3n) is 1.48. The van der Waals surface area contributed by atoms with E-state index in [1.54, 1.807) is 18.4 Å². The molecule has 0 saturated heterocycles. The number of halogens is 2. The van der Waals surface area contributed by atoms with Crippen molar-refractivity contribution in [3.63, 3.8) is 0 Å². The lowest BCUT2D eigenvalue weighted by Crippen LogP contribution is -2.18. The zero-order valence-corrected chi connectivity index (χ0v) is 6.87. The highest BCUT2D eigenvalue weighted by atomic mass is 32.1. The first-order valence-corrected chi connectivity index (χ1v) is 4.08. The molecule has 0 aliphatic heterocycles. The Morgan fingerprint density at radius 2 is 2.18 bits per heavy atom. The average Bonchev–Trinajstić information content (AvgIpc) is 2.33. The molecular formula is C7H9F2NS. The van der Waals surface area contributed by atoms with Crippen molar-refractivity contribution < 1.29 is 8.78 Å². The molecule has 0 spiro atoms. The van der Waals surface area contributed by atoms with Crippen LogP contribution < -0.4 is 5.73 Å². The van der Waals surface area contributed by atoms with Gasteiger partial charge >= 0.3 is 0 Å². The fourth-order valence-corrected chi connectivity index (χ4v) is 1.77. The fourth-order valence-electron chi connectivity index (χ4n) is 0.840. The van der Waals surface area contributed by atoms with Crippen LogP contribution in [0.2, 0.25) is 0 Å². The summed E-state index contributed by atoms with van der Waals surface area (Å²) in [5.74, 6) is 0. The van der Waals surface area contributed by atoms with Gasteiger partial charge in [-0.2, -0.15) is 0 Å². The highest BCUT2D eigenvalue weighted by Crippen LogP contribution is 2.26. The van der Waals surface area contributed by atoms with Crippen LogP contribution in [0.1, 0.15) is 16.5 Å². The second-order valence-electron chi connectivity index (χ2n) is 2.33. The van der Waals surface area contributed by atoms with E-state index in [0.29, 0.717) is 4.88 Å². The van der Waals surface area contributed by atoms with Crippen molar-refractivity contribution in [3.05, 3.63) is 21.9 Å². The van der Waals surface area contributed by atoms with Gasteiger partial charge < -0.3 is 5.73 Å². The van der Waals surface area contributed by atoms with Crippen molar-refractivity contribution in [2.45, 2.75) is 19.4 Å². The number of aryl methyl sites for hydroxylation is 1. The fraction of sp³-hybridized carbons (Fsp3) is 0.429. The maximum Gasteiger partial charge on any atom is 0.258 e. The zero-order valence-electron chi connectivity index (χ0n) is 6.05. The minimum atomic E-state index is -2.47. The molecule has 1 aromatic heterocycles. The van der Waals surface area contributed by atoms with Crippen molar-refractivity contribution in [1.82, 2.24) is 0 Å². The van der Waals surface area contributed by atoms with Crippen LogP contribution in [0.5, 0.6) is 0 Å². The Hall–Kier alpha value is -0.480. The summed E-state index contributed by atoms with van der Waals surface area (Å²) >= 11 is 1.28. The first-order valence-electron chi connectivity index (χ1n) is 3.20. The summed E-state index contributed by atoms with van der Waals surface area (Å²) in [4.78, 5) is 0.583. The first kappa shape index (κ1) is 8.62. The second kappa shape index (κ2) is 3.28. The van der Waals surface area contributed by atoms with Crippen molar-refractivity contribution >= 4 is 11.3 Å². The Morgan fingerprint density at radius 3 is 2.55 bits per heavy atom. The Balaban J connectivity index is 2.84. The molecule has 0 aliphatic carbocycles. The first-order chi connectivity index (χ1) is 5.13. The molecule has 1 aromatic rings. The number of rotatable bonds is 2. The molecule has 0 fully saturated rings. The summed E-state index contributed by atoms with van der Waals surface area (Å²) in [7, 11) is 0. The predicted molar refractivity (Wildman–Crippen MR) is 42.0 cm³/mol. The minimum Gasteiger partial charge on any atom is -0.319 e. The van der Waals surface area contributed by atoms with E-state index >= 15 is 0 Å². The summed E-state index contributed by atoms with van der Waals surface area (Å²) in [5, 5.41) is 1.77. The van der Waals surface area contributed by atoms with E-state index in [-0.39, 0.29) is 0 Å². The molecule has 0 saturated carbocycles. The van der Waals surface area contributed by atoms with Gasteiger partial charge in [-0.05, 0) is 23.9 Å². The minimum absolute atomic E-state index is 0.583. The quantitative estimate of drug-likeness (QED) is 0.737. The summed E-state index contributed by atoms with van der Waals surface area (Å²) < 4.78 is 24.1. The largest absolute Gasteiger partial charge is 0.319 e. The topological polar surface area (TPSA) is 26.0 Å². The maximum absolute atomic E-state index is 12.1. The maximum atomic E-state index is 12.1. The molecule has 1 unspecified atom stereocenters. The van der Waals surface area contributed by atoms with Gasteiger partial charge in [0.15, 0.2) is 0 Å². The predicted octanol–water partition coefficient (Wildman–Crippen LogP) is 2.32. The summed E-state index contributed by atoms with van der Waals surface area (Å²) in [6, 6.07) is 0.678. The van der Waals surface area contributed by atoms with Crippen LogP contribution in [0.25, 0.3) is 0 Å². The number of hydrogen-bond donors (Lipinski definition) is 1. The van der Waals surface area contributed by atoms with E-state index in [4.69, 9.17) is 5.73 Å². The number of nitrogens with two attached hydrogens (primary N) is 1. The highest BCUT2D eigenvalue weighted by molar-refractivity contribution is 7.10. The summed E-state index contributed by atoms with van der Waals surface area (Å²) in [6.07, 6.45) is -2.47. The van der Waals surface area contributed by atoms with Crippen LogP contribution >= 0.6 is 11.3 Å². The Morgan fingerprint density at radius 1 is 1.55 bits per heavy atom. The monoisotopic (exact) mass is 177 g/mol. The van der Waals surface area contributed by atoms with E-state index in [0.717, 1.165) is 5.56 Å². The number of alkyl halides is 2. The van der Waals surface area contributed by atoms with Crippen LogP contribution in [0.3, 0.4) is 0 Å². The molecule has 0 aliphatic rings. The molecule has 1 rings (SSSR count). The van der Waals surface area contributed by atoms with Gasteiger partial charge in [-0.1, -0.05) is 0 Å². The van der Waals surface area contributed by atoms with Gasteiger partial charge in [0, 0.05) is 4.88 Å². The number of thiophene rings is 1.